The van der Waals surface area contributed by atoms with Gasteiger partial charge in [-0.15, -0.1) is 0 Å². The van der Waals surface area contributed by atoms with Crippen molar-refractivity contribution in [1.82, 2.24) is 15.3 Å². The van der Waals surface area contributed by atoms with Gasteiger partial charge in [-0.1, -0.05) is 0 Å². The van der Waals surface area contributed by atoms with Crippen molar-refractivity contribution in [3.8, 4) is 0 Å². The highest BCUT2D eigenvalue weighted by Gasteiger charge is 1.92. The molecule has 12 heavy (non-hydrogen) atoms. The van der Waals surface area contributed by atoms with Crippen LogP contribution in [0.1, 0.15) is 18.7 Å². The maximum Gasteiger partial charge on any atom is 0.120 e. The van der Waals surface area contributed by atoms with Crippen LogP contribution in [0.3, 0.4) is 0 Å². The standard InChI is InChI=1S/C8H15N3O/c12-6-2-1-3-9-7-8-10-4-5-11-8/h4-5,9,12H,1-3,6-7H2,(H,10,11). The van der Waals surface area contributed by atoms with Crippen LogP contribution in [0, 0.1) is 0 Å². The summed E-state index contributed by atoms with van der Waals surface area (Å²) >= 11 is 0. The first-order valence-corrected chi connectivity index (χ1v) is 4.23. The molecule has 4 nitrogen and oxygen atoms in total. The van der Waals surface area contributed by atoms with Crippen molar-refractivity contribution < 1.29 is 5.11 Å². The van der Waals surface area contributed by atoms with Crippen LogP contribution in [0.25, 0.3) is 0 Å². The van der Waals surface area contributed by atoms with Crippen molar-refractivity contribution in [3.63, 3.8) is 0 Å². The van der Waals surface area contributed by atoms with Gasteiger partial charge in [0.2, 0.25) is 0 Å². The number of H-pyrrole nitrogens is 1. The summed E-state index contributed by atoms with van der Waals surface area (Å²) in [4.78, 5) is 7.07. The SMILES string of the molecule is OCCCCNCc1ncc[nH]1. The van der Waals surface area contributed by atoms with Gasteiger partial charge >= 0.3 is 0 Å². The number of hydrogen-bond acceptors (Lipinski definition) is 3. The molecule has 0 atom stereocenters. The fraction of sp³-hybridized carbons (Fsp3) is 0.625. The van der Waals surface area contributed by atoms with E-state index < -0.39 is 0 Å². The summed E-state index contributed by atoms with van der Waals surface area (Å²) in [5, 5.41) is 11.7. The maximum absolute atomic E-state index is 8.50. The molecule has 0 saturated heterocycles. The van der Waals surface area contributed by atoms with Gasteiger partial charge in [-0.3, -0.25) is 0 Å². The van der Waals surface area contributed by atoms with Crippen LogP contribution in [-0.4, -0.2) is 28.2 Å². The van der Waals surface area contributed by atoms with Gasteiger partial charge in [-0.2, -0.15) is 0 Å². The lowest BCUT2D eigenvalue weighted by Crippen LogP contribution is -2.15. The summed E-state index contributed by atoms with van der Waals surface area (Å²) in [6, 6.07) is 0. The van der Waals surface area contributed by atoms with E-state index in [1.54, 1.807) is 6.20 Å². The van der Waals surface area contributed by atoms with Gasteiger partial charge in [-0.05, 0) is 19.4 Å². The number of aromatic amines is 1. The summed E-state index contributed by atoms with van der Waals surface area (Å²) in [7, 11) is 0. The minimum absolute atomic E-state index is 0.280. The fourth-order valence-corrected chi connectivity index (χ4v) is 0.963. The molecule has 1 aromatic heterocycles. The molecule has 0 spiro atoms. The van der Waals surface area contributed by atoms with Crippen molar-refractivity contribution in [3.05, 3.63) is 18.2 Å². The molecule has 0 aromatic carbocycles. The van der Waals surface area contributed by atoms with Gasteiger partial charge in [0.25, 0.3) is 0 Å². The number of imidazole rings is 1. The van der Waals surface area contributed by atoms with E-state index in [1.165, 1.54) is 0 Å². The molecule has 0 aliphatic heterocycles. The van der Waals surface area contributed by atoms with Crippen LogP contribution in [-0.2, 0) is 6.54 Å². The average molecular weight is 169 g/mol. The molecule has 1 heterocycles. The largest absolute Gasteiger partial charge is 0.396 e. The molecule has 68 valence electrons. The van der Waals surface area contributed by atoms with Gasteiger partial charge < -0.3 is 15.4 Å². The fourth-order valence-electron chi connectivity index (χ4n) is 0.963. The van der Waals surface area contributed by atoms with Crippen LogP contribution >= 0.6 is 0 Å². The monoisotopic (exact) mass is 169 g/mol. The van der Waals surface area contributed by atoms with E-state index in [2.05, 4.69) is 15.3 Å². The number of unbranched alkanes of at least 4 members (excludes halogenated alkanes) is 1. The molecule has 0 saturated carbocycles. The third kappa shape index (κ3) is 3.50. The smallest absolute Gasteiger partial charge is 0.120 e. The molecule has 1 rings (SSSR count). The Balaban J connectivity index is 1.96. The van der Waals surface area contributed by atoms with Crippen LogP contribution in [0.15, 0.2) is 12.4 Å². The van der Waals surface area contributed by atoms with E-state index >= 15 is 0 Å². The van der Waals surface area contributed by atoms with E-state index in [0.717, 1.165) is 31.8 Å². The number of nitrogens with one attached hydrogen (secondary N) is 2. The lowest BCUT2D eigenvalue weighted by Gasteiger charge is -2.00. The molecule has 0 bridgehead atoms. The first kappa shape index (κ1) is 9.22. The molecule has 1 aromatic rings. The highest BCUT2D eigenvalue weighted by atomic mass is 16.2. The number of aliphatic hydroxyl groups is 1. The zero-order valence-electron chi connectivity index (χ0n) is 7.08. The lowest BCUT2D eigenvalue weighted by molar-refractivity contribution is 0.283. The van der Waals surface area contributed by atoms with Gasteiger partial charge in [0, 0.05) is 19.0 Å². The normalized spacial score (nSPS) is 10.4. The Morgan fingerprint density at radius 1 is 1.50 bits per heavy atom. The van der Waals surface area contributed by atoms with Crippen LogP contribution in [0.4, 0.5) is 0 Å². The summed E-state index contributed by atoms with van der Waals surface area (Å²) in [5.74, 6) is 0.957. The van der Waals surface area contributed by atoms with E-state index in [-0.39, 0.29) is 6.61 Å². The second kappa shape index (κ2) is 5.74. The average Bonchev–Trinajstić information content (AvgIpc) is 2.57. The third-order valence-corrected chi connectivity index (χ3v) is 1.61. The van der Waals surface area contributed by atoms with Crippen molar-refractivity contribution in [2.45, 2.75) is 19.4 Å². The Bertz CT molecular complexity index is 186. The second-order valence-electron chi connectivity index (χ2n) is 2.64. The van der Waals surface area contributed by atoms with Crippen LogP contribution < -0.4 is 5.32 Å². The Labute approximate surface area is 72.0 Å². The number of aliphatic hydroxyl groups excluding tert-OH is 1. The summed E-state index contributed by atoms with van der Waals surface area (Å²) in [6.07, 6.45) is 5.43. The molecule has 0 aliphatic carbocycles. The zero-order chi connectivity index (χ0) is 8.65. The zero-order valence-corrected chi connectivity index (χ0v) is 7.08. The Kier molecular flexibility index (Phi) is 4.41. The quantitative estimate of drug-likeness (QED) is 0.536. The van der Waals surface area contributed by atoms with Crippen LogP contribution in [0.5, 0.6) is 0 Å². The molecular formula is C8H15N3O. The first-order valence-electron chi connectivity index (χ1n) is 4.23. The predicted octanol–water partition coefficient (Wildman–Crippen LogP) is 0.272. The molecular weight excluding hydrogens is 154 g/mol. The maximum atomic E-state index is 8.50. The molecule has 4 heteroatoms. The van der Waals surface area contributed by atoms with E-state index in [0.29, 0.717) is 0 Å². The van der Waals surface area contributed by atoms with Crippen molar-refractivity contribution in [2.75, 3.05) is 13.2 Å². The summed E-state index contributed by atoms with van der Waals surface area (Å²) < 4.78 is 0. The minimum Gasteiger partial charge on any atom is -0.396 e. The van der Waals surface area contributed by atoms with Crippen molar-refractivity contribution in [1.29, 1.82) is 0 Å². The second-order valence-corrected chi connectivity index (χ2v) is 2.64. The number of hydrogen-bond donors (Lipinski definition) is 3. The molecule has 3 N–H and O–H groups in total. The Morgan fingerprint density at radius 2 is 2.42 bits per heavy atom. The number of nitrogens with zero attached hydrogens (tertiary/aromatic N) is 1. The molecule has 0 unspecified atom stereocenters. The van der Waals surface area contributed by atoms with Crippen molar-refractivity contribution >= 4 is 0 Å². The first-order chi connectivity index (χ1) is 5.93. The van der Waals surface area contributed by atoms with E-state index in [1.807, 2.05) is 6.20 Å². The predicted molar refractivity (Wildman–Crippen MR) is 46.6 cm³/mol. The van der Waals surface area contributed by atoms with Gasteiger partial charge in [0.05, 0.1) is 6.54 Å². The van der Waals surface area contributed by atoms with Crippen molar-refractivity contribution in [2.24, 2.45) is 0 Å². The van der Waals surface area contributed by atoms with E-state index in [4.69, 9.17) is 5.11 Å². The Morgan fingerprint density at radius 3 is 3.08 bits per heavy atom. The highest BCUT2D eigenvalue weighted by Crippen LogP contribution is 1.88. The summed E-state index contributed by atoms with van der Waals surface area (Å²) in [5.41, 5.74) is 0. The minimum atomic E-state index is 0.280. The molecule has 0 amide bonds. The van der Waals surface area contributed by atoms with Gasteiger partial charge in [0.1, 0.15) is 5.82 Å². The molecule has 0 radical (unpaired) electrons. The Hall–Kier alpha value is -0.870. The van der Waals surface area contributed by atoms with Crippen LogP contribution in [0.2, 0.25) is 0 Å². The topological polar surface area (TPSA) is 60.9 Å². The third-order valence-electron chi connectivity index (χ3n) is 1.61. The van der Waals surface area contributed by atoms with Gasteiger partial charge in [0.15, 0.2) is 0 Å². The summed E-state index contributed by atoms with van der Waals surface area (Å²) in [6.45, 7) is 1.99. The molecule has 0 fully saturated rings. The van der Waals surface area contributed by atoms with E-state index in [9.17, 15) is 0 Å². The molecule has 0 aliphatic rings. The van der Waals surface area contributed by atoms with Gasteiger partial charge in [-0.25, -0.2) is 4.98 Å². The highest BCUT2D eigenvalue weighted by molar-refractivity contribution is 4.85. The number of aromatic nitrogens is 2. The lowest BCUT2D eigenvalue weighted by atomic mass is 10.3. The number of rotatable bonds is 6.